The number of hydrogen-bond donors (Lipinski definition) is 1. The summed E-state index contributed by atoms with van der Waals surface area (Å²) in [6.45, 7) is 28.9. The van der Waals surface area contributed by atoms with E-state index < -0.39 is 0 Å². The van der Waals surface area contributed by atoms with Crippen LogP contribution in [0.4, 0.5) is 0 Å². The van der Waals surface area contributed by atoms with Gasteiger partial charge in [0.2, 0.25) is 0 Å². The lowest BCUT2D eigenvalue weighted by atomic mass is 9.79. The van der Waals surface area contributed by atoms with Gasteiger partial charge in [0.1, 0.15) is 11.3 Å². The quantitative estimate of drug-likeness (QED) is 0.189. The van der Waals surface area contributed by atoms with E-state index >= 15 is 0 Å². The Morgan fingerprint density at radius 3 is 1.77 bits per heavy atom. The molecule has 3 aromatic heterocycles. The van der Waals surface area contributed by atoms with Crippen molar-refractivity contribution < 1.29 is 5.11 Å². The number of rotatable bonds is 6. The summed E-state index contributed by atoms with van der Waals surface area (Å²) in [4.78, 5) is 15.4. The first kappa shape index (κ1) is 37.0. The fourth-order valence-electron chi connectivity index (χ4n) is 7.08. The maximum Gasteiger partial charge on any atom is 0.165 e. The molecule has 0 aliphatic heterocycles. The van der Waals surface area contributed by atoms with Crippen LogP contribution in [-0.2, 0) is 16.2 Å². The van der Waals surface area contributed by atoms with Crippen LogP contribution in [0.2, 0.25) is 0 Å². The Morgan fingerprint density at radius 2 is 1.21 bits per heavy atom. The fourth-order valence-corrected chi connectivity index (χ4v) is 7.08. The van der Waals surface area contributed by atoms with Gasteiger partial charge in [0.15, 0.2) is 11.5 Å². The number of benzene rings is 3. The molecule has 5 nitrogen and oxygen atoms in total. The van der Waals surface area contributed by atoms with Gasteiger partial charge < -0.3 is 5.11 Å². The normalized spacial score (nSPS) is 12.8. The Balaban J connectivity index is 1.80. The van der Waals surface area contributed by atoms with Crippen molar-refractivity contribution in [3.63, 3.8) is 0 Å². The standard InChI is InChI=1S/C47H56N4O/c1-28(2)34-17-16-18-35(29(3)4)41(34)51-43(37-26-33(46(8,9)10)27-38(42(37)52)47(11,12)13)50-40-36(20-22-49-44(40)51)30-23-31(39-19-14-15-21-48-39)25-32(24-30)45(5,6)7/h14-29,52H,1-13H3. The van der Waals surface area contributed by atoms with Crippen LogP contribution < -0.4 is 0 Å². The molecule has 0 aliphatic rings. The van der Waals surface area contributed by atoms with E-state index in [1.807, 2.05) is 24.5 Å². The van der Waals surface area contributed by atoms with Crippen LogP contribution in [0.1, 0.15) is 130 Å². The number of nitrogens with zero attached hydrogens (tertiary/aromatic N) is 4. The molecular weight excluding hydrogens is 637 g/mol. The second-order valence-electron chi connectivity index (χ2n) is 18.1. The number of aromatic nitrogens is 4. The predicted molar refractivity (Wildman–Crippen MR) is 219 cm³/mol. The first-order valence-electron chi connectivity index (χ1n) is 18.7. The van der Waals surface area contributed by atoms with Crippen LogP contribution in [0.25, 0.3) is 50.6 Å². The highest BCUT2D eigenvalue weighted by Crippen LogP contribution is 2.46. The summed E-state index contributed by atoms with van der Waals surface area (Å²) in [6.07, 6.45) is 3.75. The highest BCUT2D eigenvalue weighted by atomic mass is 16.3. The van der Waals surface area contributed by atoms with Gasteiger partial charge in [0.05, 0.1) is 16.9 Å². The lowest BCUT2D eigenvalue weighted by Crippen LogP contribution is -2.17. The molecule has 1 N–H and O–H groups in total. The molecule has 0 atom stereocenters. The van der Waals surface area contributed by atoms with E-state index in [4.69, 9.17) is 15.0 Å². The zero-order chi connectivity index (χ0) is 37.9. The fraction of sp³-hybridized carbons (Fsp3) is 0.383. The van der Waals surface area contributed by atoms with Gasteiger partial charge in [-0.3, -0.25) is 9.55 Å². The molecule has 0 aliphatic carbocycles. The summed E-state index contributed by atoms with van der Waals surface area (Å²) in [7, 11) is 0. The van der Waals surface area contributed by atoms with Gasteiger partial charge in [0, 0.05) is 29.1 Å². The molecule has 0 amide bonds. The van der Waals surface area contributed by atoms with Gasteiger partial charge in [-0.05, 0) is 92.3 Å². The monoisotopic (exact) mass is 692 g/mol. The summed E-state index contributed by atoms with van der Waals surface area (Å²) in [6, 6.07) is 25.8. The first-order chi connectivity index (χ1) is 24.3. The van der Waals surface area contributed by atoms with Crippen molar-refractivity contribution in [1.82, 2.24) is 19.5 Å². The second kappa shape index (κ2) is 13.3. The number of fused-ring (bicyclic) bond motifs is 1. The molecule has 0 spiro atoms. The molecule has 6 aromatic rings. The third kappa shape index (κ3) is 6.90. The molecular formula is C47H56N4O. The molecule has 0 radical (unpaired) electrons. The summed E-state index contributed by atoms with van der Waals surface area (Å²) in [5, 5.41) is 12.3. The molecule has 3 aromatic carbocycles. The number of aromatic hydroxyl groups is 1. The average Bonchev–Trinajstić information content (AvgIpc) is 3.46. The van der Waals surface area contributed by atoms with E-state index in [-0.39, 0.29) is 33.8 Å². The lowest BCUT2D eigenvalue weighted by molar-refractivity contribution is 0.446. The minimum Gasteiger partial charge on any atom is -0.507 e. The zero-order valence-electron chi connectivity index (χ0n) is 33.5. The van der Waals surface area contributed by atoms with Crippen molar-refractivity contribution in [2.45, 2.75) is 118 Å². The lowest BCUT2D eigenvalue weighted by Gasteiger charge is -2.28. The maximum atomic E-state index is 12.3. The molecule has 270 valence electrons. The van der Waals surface area contributed by atoms with Gasteiger partial charge in [-0.15, -0.1) is 0 Å². The minimum atomic E-state index is -0.297. The van der Waals surface area contributed by atoms with Crippen molar-refractivity contribution in [3.8, 4) is 45.2 Å². The number of phenols is 1. The van der Waals surface area contributed by atoms with Crippen LogP contribution >= 0.6 is 0 Å². The third-order valence-corrected chi connectivity index (χ3v) is 10.2. The van der Waals surface area contributed by atoms with E-state index in [9.17, 15) is 5.11 Å². The Morgan fingerprint density at radius 1 is 0.596 bits per heavy atom. The van der Waals surface area contributed by atoms with E-state index in [0.29, 0.717) is 11.4 Å². The maximum absolute atomic E-state index is 12.3. The van der Waals surface area contributed by atoms with Crippen LogP contribution in [-0.4, -0.2) is 24.6 Å². The predicted octanol–water partition coefficient (Wildman–Crippen LogP) is 12.7. The number of hydrogen-bond acceptors (Lipinski definition) is 4. The Hall–Kier alpha value is -4.77. The number of para-hydroxylation sites is 1. The van der Waals surface area contributed by atoms with Gasteiger partial charge in [0.25, 0.3) is 0 Å². The summed E-state index contributed by atoms with van der Waals surface area (Å²) in [5.74, 6) is 1.44. The molecule has 3 heterocycles. The topological polar surface area (TPSA) is 63.8 Å². The smallest absolute Gasteiger partial charge is 0.165 e. The van der Waals surface area contributed by atoms with Crippen molar-refractivity contribution in [3.05, 3.63) is 113 Å². The number of pyridine rings is 2. The molecule has 0 saturated heterocycles. The molecule has 0 bridgehead atoms. The van der Waals surface area contributed by atoms with Gasteiger partial charge in [-0.1, -0.05) is 126 Å². The molecule has 5 heteroatoms. The highest BCUT2D eigenvalue weighted by molar-refractivity contribution is 5.95. The Labute approximate surface area is 311 Å². The zero-order valence-corrected chi connectivity index (χ0v) is 33.5. The largest absolute Gasteiger partial charge is 0.507 e. The van der Waals surface area contributed by atoms with Crippen molar-refractivity contribution >= 4 is 11.2 Å². The molecule has 0 saturated carbocycles. The number of phenolic OH excluding ortho intramolecular Hbond substituents is 1. The second-order valence-corrected chi connectivity index (χ2v) is 18.1. The van der Waals surface area contributed by atoms with Crippen LogP contribution in [0.3, 0.4) is 0 Å². The average molecular weight is 693 g/mol. The summed E-state index contributed by atoms with van der Waals surface area (Å²) >= 11 is 0. The SMILES string of the molecule is CC(C)c1cccc(C(C)C)c1-n1c(-c2cc(C(C)(C)C)cc(C(C)(C)C)c2O)nc2c(-c3cc(-c4ccccn4)cc(C(C)(C)C)c3)ccnc21. The van der Waals surface area contributed by atoms with Crippen molar-refractivity contribution in [1.29, 1.82) is 0 Å². The highest BCUT2D eigenvalue weighted by Gasteiger charge is 2.30. The van der Waals surface area contributed by atoms with Crippen LogP contribution in [0.5, 0.6) is 5.75 Å². The molecule has 52 heavy (non-hydrogen) atoms. The summed E-state index contributed by atoms with van der Waals surface area (Å²) < 4.78 is 2.24. The first-order valence-corrected chi connectivity index (χ1v) is 18.7. The molecule has 0 fully saturated rings. The van der Waals surface area contributed by atoms with Gasteiger partial charge in [-0.25, -0.2) is 9.97 Å². The third-order valence-electron chi connectivity index (χ3n) is 10.2. The van der Waals surface area contributed by atoms with Crippen LogP contribution in [0, 0.1) is 0 Å². The Bertz CT molecular complexity index is 2230. The number of imidazole rings is 1. The Kier molecular flexibility index (Phi) is 9.49. The van der Waals surface area contributed by atoms with E-state index in [1.54, 1.807) is 0 Å². The van der Waals surface area contributed by atoms with Crippen LogP contribution in [0.15, 0.2) is 85.2 Å². The van der Waals surface area contributed by atoms with Crippen molar-refractivity contribution in [2.24, 2.45) is 0 Å². The van der Waals surface area contributed by atoms with Crippen molar-refractivity contribution in [2.75, 3.05) is 0 Å². The van der Waals surface area contributed by atoms with Gasteiger partial charge >= 0.3 is 0 Å². The molecule has 0 unspecified atom stereocenters. The minimum absolute atomic E-state index is 0.0961. The van der Waals surface area contributed by atoms with E-state index in [2.05, 4.69) is 155 Å². The van der Waals surface area contributed by atoms with E-state index in [1.165, 1.54) is 16.7 Å². The van der Waals surface area contributed by atoms with E-state index in [0.717, 1.165) is 50.4 Å². The molecule has 6 rings (SSSR count). The summed E-state index contributed by atoms with van der Waals surface area (Å²) in [5.41, 5.74) is 12.5. The van der Waals surface area contributed by atoms with Gasteiger partial charge in [-0.2, -0.15) is 0 Å².